The number of hydrogen-bond acceptors (Lipinski definition) is 6. The van der Waals surface area contributed by atoms with Crippen LogP contribution in [-0.2, 0) is 6.54 Å². The molecule has 0 radical (unpaired) electrons. The third kappa shape index (κ3) is 4.10. The van der Waals surface area contributed by atoms with Crippen molar-refractivity contribution in [2.45, 2.75) is 12.6 Å². The number of halogens is 1. The van der Waals surface area contributed by atoms with Crippen LogP contribution in [0.4, 0.5) is 5.69 Å². The Balaban J connectivity index is 1.64. The highest BCUT2D eigenvalue weighted by Gasteiger charge is 2.16. The highest BCUT2D eigenvalue weighted by atomic mass is 35.5. The molecule has 9 heteroatoms. The van der Waals surface area contributed by atoms with Gasteiger partial charge in [-0.1, -0.05) is 17.7 Å². The fourth-order valence-corrected chi connectivity index (χ4v) is 4.31. The van der Waals surface area contributed by atoms with E-state index in [2.05, 4.69) is 5.32 Å². The number of benzene rings is 1. The van der Waals surface area contributed by atoms with E-state index in [1.165, 1.54) is 34.8 Å². The van der Waals surface area contributed by atoms with E-state index >= 15 is 0 Å². The predicted molar refractivity (Wildman–Crippen MR) is 102 cm³/mol. The van der Waals surface area contributed by atoms with Gasteiger partial charge in [-0.25, -0.2) is 0 Å². The van der Waals surface area contributed by atoms with Crippen LogP contribution < -0.4 is 5.32 Å². The van der Waals surface area contributed by atoms with Crippen molar-refractivity contribution in [2.24, 2.45) is 0 Å². The molecule has 26 heavy (non-hydrogen) atoms. The van der Waals surface area contributed by atoms with Crippen LogP contribution in [-0.4, -0.2) is 15.9 Å². The lowest BCUT2D eigenvalue weighted by Crippen LogP contribution is -2.22. The van der Waals surface area contributed by atoms with Crippen molar-refractivity contribution < 1.29 is 14.8 Å². The molecule has 0 aliphatic carbocycles. The summed E-state index contributed by atoms with van der Waals surface area (Å²) in [4.78, 5) is 24.9. The van der Waals surface area contributed by atoms with Gasteiger partial charge in [0.15, 0.2) is 0 Å². The molecule has 134 valence electrons. The van der Waals surface area contributed by atoms with Crippen LogP contribution >= 0.6 is 34.3 Å². The largest absolute Gasteiger partial charge is 0.382 e. The van der Waals surface area contributed by atoms with Gasteiger partial charge >= 0.3 is 0 Å². The minimum atomic E-state index is -0.673. The molecule has 3 rings (SSSR count). The first kappa shape index (κ1) is 18.5. The monoisotopic (exact) mass is 408 g/mol. The minimum absolute atomic E-state index is 0.0247. The lowest BCUT2D eigenvalue weighted by atomic mass is 10.2. The number of rotatable bonds is 6. The quantitative estimate of drug-likeness (QED) is 0.467. The number of thiophene rings is 2. The number of nitrogens with zero attached hydrogens (tertiary/aromatic N) is 1. The second kappa shape index (κ2) is 7.96. The first-order valence-electron chi connectivity index (χ1n) is 7.48. The van der Waals surface area contributed by atoms with Gasteiger partial charge in [0.1, 0.15) is 6.10 Å². The van der Waals surface area contributed by atoms with E-state index in [0.717, 1.165) is 20.7 Å². The molecule has 0 saturated heterocycles. The Morgan fingerprint density at radius 2 is 2.08 bits per heavy atom. The van der Waals surface area contributed by atoms with Gasteiger partial charge in [-0.15, -0.1) is 22.7 Å². The Labute approximate surface area is 161 Å². The summed E-state index contributed by atoms with van der Waals surface area (Å²) in [5, 5.41) is 25.7. The number of nitro groups is 1. The maximum Gasteiger partial charge on any atom is 0.270 e. The molecule has 0 bridgehead atoms. The van der Waals surface area contributed by atoms with Gasteiger partial charge in [-0.2, -0.15) is 0 Å². The van der Waals surface area contributed by atoms with Gasteiger partial charge in [0, 0.05) is 26.8 Å². The van der Waals surface area contributed by atoms with Crippen LogP contribution in [0.1, 0.15) is 31.1 Å². The normalized spacial score (nSPS) is 11.9. The van der Waals surface area contributed by atoms with Gasteiger partial charge in [-0.05, 0) is 29.6 Å². The Morgan fingerprint density at radius 3 is 2.73 bits per heavy atom. The minimum Gasteiger partial charge on any atom is -0.382 e. The molecule has 3 aromatic rings. The van der Waals surface area contributed by atoms with Crippen molar-refractivity contribution in [3.05, 3.63) is 83.2 Å². The first-order chi connectivity index (χ1) is 12.5. The molecule has 1 atom stereocenters. The van der Waals surface area contributed by atoms with Gasteiger partial charge in [0.05, 0.1) is 22.1 Å². The molecular formula is C17H13ClN2O4S2. The Morgan fingerprint density at radius 1 is 1.27 bits per heavy atom. The Kier molecular flexibility index (Phi) is 5.67. The summed E-state index contributed by atoms with van der Waals surface area (Å²) >= 11 is 8.84. The molecule has 1 aromatic carbocycles. The third-order valence-corrected chi connectivity index (χ3v) is 5.97. The van der Waals surface area contributed by atoms with Gasteiger partial charge in [0.2, 0.25) is 0 Å². The van der Waals surface area contributed by atoms with Crippen molar-refractivity contribution >= 4 is 45.9 Å². The summed E-state index contributed by atoms with van der Waals surface area (Å²) in [7, 11) is 0. The SMILES string of the molecule is O=C(NCc1ccc(C(O)c2cccs2)s1)c1ccc([N+](=O)[O-])cc1Cl. The van der Waals surface area contributed by atoms with E-state index in [-0.39, 0.29) is 22.8 Å². The molecule has 2 aromatic heterocycles. The topological polar surface area (TPSA) is 92.5 Å². The lowest BCUT2D eigenvalue weighted by molar-refractivity contribution is -0.384. The summed E-state index contributed by atoms with van der Waals surface area (Å²) in [5.41, 5.74) is 0.00433. The van der Waals surface area contributed by atoms with Gasteiger partial charge < -0.3 is 10.4 Å². The Bertz CT molecular complexity index is 940. The smallest absolute Gasteiger partial charge is 0.270 e. The van der Waals surface area contributed by atoms with Crippen LogP contribution in [0.5, 0.6) is 0 Å². The summed E-state index contributed by atoms with van der Waals surface area (Å²) < 4.78 is 0. The van der Waals surface area contributed by atoms with Crippen LogP contribution in [0.2, 0.25) is 5.02 Å². The zero-order chi connectivity index (χ0) is 18.7. The highest BCUT2D eigenvalue weighted by Crippen LogP contribution is 2.31. The first-order valence-corrected chi connectivity index (χ1v) is 9.55. The summed E-state index contributed by atoms with van der Waals surface area (Å²) in [6.07, 6.45) is -0.673. The number of nitro benzene ring substituents is 1. The van der Waals surface area contributed by atoms with E-state index in [4.69, 9.17) is 11.6 Å². The molecule has 0 saturated carbocycles. The molecule has 0 aliphatic heterocycles. The average Bonchev–Trinajstić information content (AvgIpc) is 3.30. The molecule has 1 unspecified atom stereocenters. The van der Waals surface area contributed by atoms with E-state index in [0.29, 0.717) is 0 Å². The fraction of sp³-hybridized carbons (Fsp3) is 0.118. The average molecular weight is 409 g/mol. The summed E-state index contributed by atoms with van der Waals surface area (Å²) in [5.74, 6) is -0.418. The molecule has 2 heterocycles. The predicted octanol–water partition coefficient (Wildman–Crippen LogP) is 4.38. The number of carbonyl (C=O) groups excluding carboxylic acids is 1. The van der Waals surface area contributed by atoms with Gasteiger partial charge in [-0.3, -0.25) is 14.9 Å². The van der Waals surface area contributed by atoms with Crippen LogP contribution in [0.25, 0.3) is 0 Å². The zero-order valence-corrected chi connectivity index (χ0v) is 15.6. The van der Waals surface area contributed by atoms with Crippen molar-refractivity contribution in [3.8, 4) is 0 Å². The Hall–Kier alpha value is -2.26. The molecule has 1 amide bonds. The standard InChI is InChI=1S/C17H13ClN2O4S2/c18-13-8-10(20(23)24)3-5-12(13)17(22)19-9-11-4-6-15(26-11)16(21)14-2-1-7-25-14/h1-8,16,21H,9H2,(H,19,22). The summed E-state index contributed by atoms with van der Waals surface area (Å²) in [6.45, 7) is 0.272. The third-order valence-electron chi connectivity index (χ3n) is 3.60. The van der Waals surface area contributed by atoms with Crippen LogP contribution in [0.3, 0.4) is 0 Å². The van der Waals surface area contributed by atoms with Crippen molar-refractivity contribution in [2.75, 3.05) is 0 Å². The molecular weight excluding hydrogens is 396 g/mol. The van der Waals surface area contributed by atoms with E-state index in [1.54, 1.807) is 0 Å². The van der Waals surface area contributed by atoms with Crippen molar-refractivity contribution in [1.29, 1.82) is 0 Å². The molecule has 2 N–H and O–H groups in total. The van der Waals surface area contributed by atoms with Crippen molar-refractivity contribution in [3.63, 3.8) is 0 Å². The van der Waals surface area contributed by atoms with Crippen LogP contribution in [0.15, 0.2) is 47.8 Å². The molecule has 0 spiro atoms. The number of carbonyl (C=O) groups is 1. The lowest BCUT2D eigenvalue weighted by Gasteiger charge is -2.06. The van der Waals surface area contributed by atoms with E-state index in [1.807, 2.05) is 29.6 Å². The molecule has 0 aliphatic rings. The second-order valence-electron chi connectivity index (χ2n) is 5.33. The molecule has 0 fully saturated rings. The number of non-ortho nitro benzene ring substituents is 1. The summed E-state index contributed by atoms with van der Waals surface area (Å²) in [6, 6.07) is 11.1. The van der Waals surface area contributed by atoms with Crippen molar-refractivity contribution in [1.82, 2.24) is 5.32 Å². The number of hydrogen-bond donors (Lipinski definition) is 2. The van der Waals surface area contributed by atoms with Crippen LogP contribution in [0, 0.1) is 10.1 Å². The van der Waals surface area contributed by atoms with Gasteiger partial charge in [0.25, 0.3) is 11.6 Å². The highest BCUT2D eigenvalue weighted by molar-refractivity contribution is 7.12. The maximum atomic E-state index is 12.2. The maximum absolute atomic E-state index is 12.2. The van der Waals surface area contributed by atoms with E-state index < -0.39 is 16.9 Å². The molecule has 6 nitrogen and oxygen atoms in total. The number of nitrogens with one attached hydrogen (secondary N) is 1. The zero-order valence-electron chi connectivity index (χ0n) is 13.2. The second-order valence-corrected chi connectivity index (χ2v) is 7.91. The number of amides is 1. The number of aliphatic hydroxyl groups excluding tert-OH is 1. The number of aliphatic hydroxyl groups is 1. The van der Waals surface area contributed by atoms with E-state index in [9.17, 15) is 20.0 Å². The fourth-order valence-electron chi connectivity index (χ4n) is 2.29.